The minimum Gasteiger partial charge on any atom is -0.382 e. The first kappa shape index (κ1) is 16.6. The number of nitrogens with two attached hydrogens (primary N) is 1. The SMILES string of the molecule is COCCOCc1cccc(NC(=O)C(C)C(C)N)c1. The zero-order chi connectivity index (χ0) is 15.0. The molecule has 0 spiro atoms. The van der Waals surface area contributed by atoms with Crippen LogP contribution in [0.5, 0.6) is 0 Å². The van der Waals surface area contributed by atoms with Crippen molar-refractivity contribution in [2.45, 2.75) is 26.5 Å². The van der Waals surface area contributed by atoms with Crippen LogP contribution in [-0.4, -0.2) is 32.3 Å². The van der Waals surface area contributed by atoms with Crippen molar-refractivity contribution >= 4 is 11.6 Å². The maximum atomic E-state index is 11.9. The van der Waals surface area contributed by atoms with Crippen LogP contribution in [0.1, 0.15) is 19.4 Å². The summed E-state index contributed by atoms with van der Waals surface area (Å²) in [4.78, 5) is 11.9. The zero-order valence-corrected chi connectivity index (χ0v) is 12.4. The Bertz CT molecular complexity index is 421. The second-order valence-electron chi connectivity index (χ2n) is 4.88. The van der Waals surface area contributed by atoms with Gasteiger partial charge in [-0.25, -0.2) is 0 Å². The van der Waals surface area contributed by atoms with Gasteiger partial charge < -0.3 is 20.5 Å². The van der Waals surface area contributed by atoms with E-state index in [4.69, 9.17) is 15.2 Å². The van der Waals surface area contributed by atoms with E-state index in [0.717, 1.165) is 11.3 Å². The predicted molar refractivity (Wildman–Crippen MR) is 79.4 cm³/mol. The van der Waals surface area contributed by atoms with Crippen LogP contribution >= 0.6 is 0 Å². The average Bonchev–Trinajstić information content (AvgIpc) is 2.43. The third kappa shape index (κ3) is 5.69. The van der Waals surface area contributed by atoms with Crippen LogP contribution in [0.3, 0.4) is 0 Å². The molecule has 0 aromatic heterocycles. The zero-order valence-electron chi connectivity index (χ0n) is 12.4. The van der Waals surface area contributed by atoms with Crippen LogP contribution in [0.2, 0.25) is 0 Å². The van der Waals surface area contributed by atoms with Crippen molar-refractivity contribution in [1.29, 1.82) is 0 Å². The van der Waals surface area contributed by atoms with Crippen molar-refractivity contribution in [3.05, 3.63) is 29.8 Å². The second kappa shape index (κ2) is 8.68. The highest BCUT2D eigenvalue weighted by atomic mass is 16.5. The van der Waals surface area contributed by atoms with E-state index >= 15 is 0 Å². The van der Waals surface area contributed by atoms with Crippen molar-refractivity contribution in [2.75, 3.05) is 25.6 Å². The molecule has 0 aliphatic heterocycles. The lowest BCUT2D eigenvalue weighted by Gasteiger charge is -2.15. The number of methoxy groups -OCH3 is 1. The minimum atomic E-state index is -0.225. The summed E-state index contributed by atoms with van der Waals surface area (Å²) in [5.41, 5.74) is 7.49. The third-order valence-electron chi connectivity index (χ3n) is 3.10. The molecule has 5 heteroatoms. The topological polar surface area (TPSA) is 73.6 Å². The molecule has 0 fully saturated rings. The minimum absolute atomic E-state index is 0.0718. The molecule has 0 saturated heterocycles. The van der Waals surface area contributed by atoms with Crippen LogP contribution in [0, 0.1) is 5.92 Å². The maximum Gasteiger partial charge on any atom is 0.228 e. The van der Waals surface area contributed by atoms with E-state index in [0.29, 0.717) is 19.8 Å². The molecule has 0 heterocycles. The van der Waals surface area contributed by atoms with Gasteiger partial charge in [0.1, 0.15) is 0 Å². The Hall–Kier alpha value is -1.43. The molecule has 20 heavy (non-hydrogen) atoms. The summed E-state index contributed by atoms with van der Waals surface area (Å²) >= 11 is 0. The van der Waals surface area contributed by atoms with E-state index in [1.54, 1.807) is 7.11 Å². The van der Waals surface area contributed by atoms with Gasteiger partial charge in [-0.3, -0.25) is 4.79 Å². The number of hydrogen-bond donors (Lipinski definition) is 2. The maximum absolute atomic E-state index is 11.9. The fourth-order valence-electron chi connectivity index (χ4n) is 1.57. The molecular weight excluding hydrogens is 256 g/mol. The molecule has 0 aliphatic carbocycles. The lowest BCUT2D eigenvalue weighted by Crippen LogP contribution is -2.34. The number of rotatable bonds is 8. The molecular formula is C15H24N2O3. The van der Waals surface area contributed by atoms with Crippen LogP contribution in [0.4, 0.5) is 5.69 Å². The quantitative estimate of drug-likeness (QED) is 0.712. The summed E-state index contributed by atoms with van der Waals surface area (Å²) in [6.07, 6.45) is 0. The lowest BCUT2D eigenvalue weighted by molar-refractivity contribution is -0.119. The number of benzene rings is 1. The Kier molecular flexibility index (Phi) is 7.22. The summed E-state index contributed by atoms with van der Waals surface area (Å²) in [6.45, 7) is 5.26. The number of carbonyl (C=O) groups is 1. The highest BCUT2D eigenvalue weighted by Gasteiger charge is 2.16. The monoisotopic (exact) mass is 280 g/mol. The van der Waals surface area contributed by atoms with Gasteiger partial charge in [-0.05, 0) is 24.6 Å². The van der Waals surface area contributed by atoms with Crippen LogP contribution in [-0.2, 0) is 20.9 Å². The molecule has 2 atom stereocenters. The standard InChI is InChI=1S/C15H24N2O3/c1-11(12(2)16)15(18)17-14-6-4-5-13(9-14)10-20-8-7-19-3/h4-6,9,11-12H,7-8,10,16H2,1-3H3,(H,17,18). The summed E-state index contributed by atoms with van der Waals surface area (Å²) in [6, 6.07) is 7.43. The number of ether oxygens (including phenoxy) is 2. The highest BCUT2D eigenvalue weighted by molar-refractivity contribution is 5.92. The fourth-order valence-corrected chi connectivity index (χ4v) is 1.57. The summed E-state index contributed by atoms with van der Waals surface area (Å²) < 4.78 is 10.4. The molecule has 3 N–H and O–H groups in total. The van der Waals surface area contributed by atoms with Gasteiger partial charge in [0.25, 0.3) is 0 Å². The molecule has 5 nitrogen and oxygen atoms in total. The Morgan fingerprint density at radius 2 is 2.10 bits per heavy atom. The van der Waals surface area contributed by atoms with E-state index in [1.165, 1.54) is 0 Å². The number of amides is 1. The predicted octanol–water partition coefficient (Wildman–Crippen LogP) is 1.77. The van der Waals surface area contributed by atoms with Gasteiger partial charge in [0, 0.05) is 18.8 Å². The lowest BCUT2D eigenvalue weighted by atomic mass is 10.0. The van der Waals surface area contributed by atoms with Crippen molar-refractivity contribution in [3.8, 4) is 0 Å². The smallest absolute Gasteiger partial charge is 0.228 e. The van der Waals surface area contributed by atoms with Gasteiger partial charge in [-0.1, -0.05) is 19.1 Å². The van der Waals surface area contributed by atoms with Gasteiger partial charge in [-0.15, -0.1) is 0 Å². The Morgan fingerprint density at radius 1 is 1.35 bits per heavy atom. The van der Waals surface area contributed by atoms with Crippen LogP contribution in [0.25, 0.3) is 0 Å². The molecule has 1 aromatic rings. The summed E-state index contributed by atoms with van der Waals surface area (Å²) in [7, 11) is 1.64. The first-order chi connectivity index (χ1) is 9.54. The van der Waals surface area contributed by atoms with Crippen LogP contribution < -0.4 is 11.1 Å². The summed E-state index contributed by atoms with van der Waals surface area (Å²) in [5.74, 6) is -0.297. The van der Waals surface area contributed by atoms with Gasteiger partial charge in [0.15, 0.2) is 0 Å². The van der Waals surface area contributed by atoms with E-state index in [1.807, 2.05) is 38.1 Å². The molecule has 0 saturated carbocycles. The molecule has 112 valence electrons. The van der Waals surface area contributed by atoms with Crippen LogP contribution in [0.15, 0.2) is 24.3 Å². The number of anilines is 1. The largest absolute Gasteiger partial charge is 0.382 e. The second-order valence-corrected chi connectivity index (χ2v) is 4.88. The van der Waals surface area contributed by atoms with Gasteiger partial charge in [0.2, 0.25) is 5.91 Å². The Morgan fingerprint density at radius 3 is 2.75 bits per heavy atom. The molecule has 2 unspecified atom stereocenters. The van der Waals surface area contributed by atoms with E-state index in [2.05, 4.69) is 5.32 Å². The molecule has 0 radical (unpaired) electrons. The Labute approximate surface area is 120 Å². The van der Waals surface area contributed by atoms with Gasteiger partial charge >= 0.3 is 0 Å². The fraction of sp³-hybridized carbons (Fsp3) is 0.533. The number of hydrogen-bond acceptors (Lipinski definition) is 4. The summed E-state index contributed by atoms with van der Waals surface area (Å²) in [5, 5.41) is 2.87. The molecule has 1 rings (SSSR count). The van der Waals surface area contributed by atoms with Crippen molar-refractivity contribution in [2.24, 2.45) is 11.7 Å². The van der Waals surface area contributed by atoms with Crippen molar-refractivity contribution < 1.29 is 14.3 Å². The van der Waals surface area contributed by atoms with Gasteiger partial charge in [0.05, 0.1) is 25.7 Å². The van der Waals surface area contributed by atoms with Crippen molar-refractivity contribution in [1.82, 2.24) is 0 Å². The first-order valence-corrected chi connectivity index (χ1v) is 6.76. The van der Waals surface area contributed by atoms with E-state index in [9.17, 15) is 4.79 Å². The van der Waals surface area contributed by atoms with E-state index < -0.39 is 0 Å². The molecule has 1 aromatic carbocycles. The molecule has 1 amide bonds. The molecule has 0 bridgehead atoms. The first-order valence-electron chi connectivity index (χ1n) is 6.76. The highest BCUT2D eigenvalue weighted by Crippen LogP contribution is 2.13. The average molecular weight is 280 g/mol. The molecule has 0 aliphatic rings. The number of nitrogens with one attached hydrogen (secondary N) is 1. The van der Waals surface area contributed by atoms with Crippen molar-refractivity contribution in [3.63, 3.8) is 0 Å². The third-order valence-corrected chi connectivity index (χ3v) is 3.10. The van der Waals surface area contributed by atoms with Gasteiger partial charge in [-0.2, -0.15) is 0 Å². The Balaban J connectivity index is 2.53. The normalized spacial score (nSPS) is 13.8. The van der Waals surface area contributed by atoms with E-state index in [-0.39, 0.29) is 17.9 Å². The number of carbonyl (C=O) groups excluding carboxylic acids is 1.